The molecule has 7 nitrogen and oxygen atoms in total. The largest absolute Gasteiger partial charge is 0.481 e. The van der Waals surface area contributed by atoms with E-state index in [-0.39, 0.29) is 6.42 Å². The van der Waals surface area contributed by atoms with Crippen molar-refractivity contribution >= 4 is 17.9 Å². The van der Waals surface area contributed by atoms with E-state index in [9.17, 15) is 14.4 Å². The van der Waals surface area contributed by atoms with Crippen LogP contribution in [0.5, 0.6) is 0 Å². The number of hydrogen-bond acceptors (Lipinski definition) is 4. The van der Waals surface area contributed by atoms with Crippen molar-refractivity contribution in [1.29, 1.82) is 0 Å². The molecule has 0 aromatic heterocycles. The van der Waals surface area contributed by atoms with Crippen molar-refractivity contribution in [2.75, 3.05) is 0 Å². The average molecular weight is 453 g/mol. The number of carboxylic acids is 3. The van der Waals surface area contributed by atoms with Gasteiger partial charge in [-0.05, 0) is 51.9 Å². The van der Waals surface area contributed by atoms with E-state index in [1.807, 2.05) is 0 Å². The molecule has 7 heteroatoms. The number of rotatable bonds is 17. The Hall–Kier alpha value is -2.67. The first-order valence-corrected chi connectivity index (χ1v) is 11.1. The summed E-state index contributed by atoms with van der Waals surface area (Å²) < 4.78 is 0. The van der Waals surface area contributed by atoms with Gasteiger partial charge in [-0.3, -0.25) is 9.59 Å². The quantitative estimate of drug-likeness (QED) is 0.169. The molecular formula is C25H40O7. The first kappa shape index (κ1) is 31.5. The zero-order valence-corrected chi connectivity index (χ0v) is 19.4. The Kier molecular flexibility index (Phi) is 21.2. The molecule has 32 heavy (non-hydrogen) atoms. The highest BCUT2D eigenvalue weighted by molar-refractivity contribution is 5.83. The van der Waals surface area contributed by atoms with Gasteiger partial charge in [0.1, 0.15) is 0 Å². The van der Waals surface area contributed by atoms with Crippen molar-refractivity contribution in [1.82, 2.24) is 0 Å². The van der Waals surface area contributed by atoms with Gasteiger partial charge in [0.05, 0.1) is 6.42 Å². The molecule has 0 bridgehead atoms. The van der Waals surface area contributed by atoms with E-state index < -0.39 is 29.9 Å². The third-order valence-electron chi connectivity index (χ3n) is 4.18. The van der Waals surface area contributed by atoms with Gasteiger partial charge in [-0.15, -0.1) is 0 Å². The van der Waals surface area contributed by atoms with Crippen LogP contribution in [0.2, 0.25) is 0 Å². The van der Waals surface area contributed by atoms with Crippen molar-refractivity contribution in [2.24, 2.45) is 0 Å². The van der Waals surface area contributed by atoms with E-state index >= 15 is 0 Å². The predicted octanol–water partition coefficient (Wildman–Crippen LogP) is 5.51. The van der Waals surface area contributed by atoms with E-state index in [1.165, 1.54) is 25.7 Å². The SMILES string of the molecule is CC(O)(CC(=O)O)C(=O)O.CCCCC/C=C\C/C=C\C/C=C\C/C=C\CCCC(=O)O. The Balaban J connectivity index is 0. The van der Waals surface area contributed by atoms with Gasteiger partial charge in [0.2, 0.25) is 0 Å². The lowest BCUT2D eigenvalue weighted by Gasteiger charge is -2.13. The zero-order chi connectivity index (χ0) is 24.7. The van der Waals surface area contributed by atoms with Crippen molar-refractivity contribution in [3.63, 3.8) is 0 Å². The molecule has 0 amide bonds. The lowest BCUT2D eigenvalue weighted by atomic mass is 10.0. The fraction of sp³-hybridized carbons (Fsp3) is 0.560. The highest BCUT2D eigenvalue weighted by Gasteiger charge is 2.32. The van der Waals surface area contributed by atoms with Crippen LogP contribution in [0.15, 0.2) is 48.6 Å². The Morgan fingerprint density at radius 3 is 1.47 bits per heavy atom. The van der Waals surface area contributed by atoms with Crippen molar-refractivity contribution in [3.8, 4) is 0 Å². The minimum absolute atomic E-state index is 0.262. The van der Waals surface area contributed by atoms with Crippen LogP contribution >= 0.6 is 0 Å². The Morgan fingerprint density at radius 2 is 1.12 bits per heavy atom. The Morgan fingerprint density at radius 1 is 0.688 bits per heavy atom. The molecule has 4 N–H and O–H groups in total. The van der Waals surface area contributed by atoms with Crippen molar-refractivity contribution in [3.05, 3.63) is 48.6 Å². The van der Waals surface area contributed by atoms with Crippen LogP contribution < -0.4 is 0 Å². The molecule has 0 aromatic carbocycles. The number of carbonyl (C=O) groups is 3. The predicted molar refractivity (Wildman–Crippen MR) is 127 cm³/mol. The number of hydrogen-bond donors (Lipinski definition) is 4. The van der Waals surface area contributed by atoms with Crippen LogP contribution in [0.25, 0.3) is 0 Å². The van der Waals surface area contributed by atoms with Gasteiger partial charge < -0.3 is 20.4 Å². The molecule has 0 aliphatic rings. The molecule has 0 spiro atoms. The van der Waals surface area contributed by atoms with Gasteiger partial charge in [-0.25, -0.2) is 4.79 Å². The number of unbranched alkanes of at least 4 members (excludes halogenated alkanes) is 4. The molecule has 0 aliphatic heterocycles. The summed E-state index contributed by atoms with van der Waals surface area (Å²) in [7, 11) is 0. The van der Waals surface area contributed by atoms with Gasteiger partial charge in [-0.1, -0.05) is 68.4 Å². The van der Waals surface area contributed by atoms with E-state index in [2.05, 4.69) is 55.5 Å². The topological polar surface area (TPSA) is 132 Å². The maximum absolute atomic E-state index is 10.3. The van der Waals surface area contributed by atoms with Crippen LogP contribution in [0.4, 0.5) is 0 Å². The Bertz CT molecular complexity index is 628. The average Bonchev–Trinajstić information content (AvgIpc) is 2.69. The molecule has 0 heterocycles. The Labute approximate surface area is 191 Å². The lowest BCUT2D eigenvalue weighted by molar-refractivity contribution is -0.163. The van der Waals surface area contributed by atoms with Crippen LogP contribution in [0.1, 0.15) is 84.5 Å². The standard InChI is InChI=1S/C20H32O2.C5H8O5/c1-2-3-4-5-6-7-8-9-10-11-12-13-14-15-16-17-18-19-20(21)22;1-5(10,4(8)9)2-3(6)7/h6-7,9-10,12-13,15-16H,2-5,8,11,14,17-19H2,1H3,(H,21,22);10H,2H2,1H3,(H,6,7)(H,8,9)/b7-6-,10-9-,13-12-,16-15-;. The van der Waals surface area contributed by atoms with Crippen LogP contribution in [0, 0.1) is 0 Å². The minimum Gasteiger partial charge on any atom is -0.481 e. The molecule has 1 unspecified atom stereocenters. The number of carboxylic acid groups (broad SMARTS) is 3. The lowest BCUT2D eigenvalue weighted by Crippen LogP contribution is -2.37. The smallest absolute Gasteiger partial charge is 0.335 e. The third-order valence-corrected chi connectivity index (χ3v) is 4.18. The molecule has 0 rings (SSSR count). The van der Waals surface area contributed by atoms with Crippen LogP contribution in [-0.2, 0) is 14.4 Å². The first-order chi connectivity index (χ1) is 15.1. The molecule has 0 saturated carbocycles. The molecule has 182 valence electrons. The van der Waals surface area contributed by atoms with E-state index in [4.69, 9.17) is 20.4 Å². The fourth-order valence-electron chi connectivity index (χ4n) is 2.30. The monoisotopic (exact) mass is 452 g/mol. The highest BCUT2D eigenvalue weighted by atomic mass is 16.4. The third kappa shape index (κ3) is 25.4. The normalized spacial score (nSPS) is 13.5. The fourth-order valence-corrected chi connectivity index (χ4v) is 2.30. The van der Waals surface area contributed by atoms with E-state index in [1.54, 1.807) is 0 Å². The second-order valence-corrected chi connectivity index (χ2v) is 7.52. The van der Waals surface area contributed by atoms with Gasteiger partial charge in [0.25, 0.3) is 0 Å². The molecule has 0 radical (unpaired) electrons. The minimum atomic E-state index is -2.16. The summed E-state index contributed by atoms with van der Waals surface area (Å²) in [6.07, 6.45) is 26.6. The maximum Gasteiger partial charge on any atom is 0.335 e. The number of aliphatic hydroxyl groups is 1. The maximum atomic E-state index is 10.3. The number of aliphatic carboxylic acids is 3. The van der Waals surface area contributed by atoms with E-state index in [0.717, 1.165) is 39.0 Å². The summed E-state index contributed by atoms with van der Waals surface area (Å²) in [5, 5.41) is 33.5. The van der Waals surface area contributed by atoms with Crippen molar-refractivity contribution < 1.29 is 34.8 Å². The molecule has 0 aliphatic carbocycles. The van der Waals surface area contributed by atoms with Crippen LogP contribution in [0.3, 0.4) is 0 Å². The summed E-state index contributed by atoms with van der Waals surface area (Å²) >= 11 is 0. The molecular weight excluding hydrogens is 412 g/mol. The van der Waals surface area contributed by atoms with Crippen molar-refractivity contribution in [2.45, 2.75) is 90.1 Å². The highest BCUT2D eigenvalue weighted by Crippen LogP contribution is 2.08. The molecule has 0 saturated heterocycles. The van der Waals surface area contributed by atoms with E-state index in [0.29, 0.717) is 0 Å². The zero-order valence-electron chi connectivity index (χ0n) is 19.4. The summed E-state index contributed by atoms with van der Waals surface area (Å²) in [4.78, 5) is 30.3. The number of allylic oxidation sites excluding steroid dienone is 8. The van der Waals surface area contributed by atoms with Gasteiger partial charge in [0, 0.05) is 6.42 Å². The first-order valence-electron chi connectivity index (χ1n) is 11.1. The second-order valence-electron chi connectivity index (χ2n) is 7.52. The summed E-state index contributed by atoms with van der Waals surface area (Å²) in [5.41, 5.74) is -2.16. The summed E-state index contributed by atoms with van der Waals surface area (Å²) in [5.74, 6) is -3.59. The van der Waals surface area contributed by atoms with Gasteiger partial charge >= 0.3 is 17.9 Å². The van der Waals surface area contributed by atoms with Gasteiger partial charge in [-0.2, -0.15) is 0 Å². The summed E-state index contributed by atoms with van der Waals surface area (Å²) in [6, 6.07) is 0. The molecule has 0 aromatic rings. The summed E-state index contributed by atoms with van der Waals surface area (Å²) in [6.45, 7) is 3.17. The second kappa shape index (κ2) is 21.6. The molecule has 1 atom stereocenters. The molecule has 0 fully saturated rings. The van der Waals surface area contributed by atoms with Crippen LogP contribution in [-0.4, -0.2) is 43.9 Å². The van der Waals surface area contributed by atoms with Gasteiger partial charge in [0.15, 0.2) is 5.60 Å².